The van der Waals surface area contributed by atoms with Crippen LogP contribution in [0, 0.1) is 5.92 Å². The number of carbonyl (C=O) groups excluding carboxylic acids is 1. The van der Waals surface area contributed by atoms with Crippen molar-refractivity contribution in [3.8, 4) is 0 Å². The van der Waals surface area contributed by atoms with E-state index in [2.05, 4.69) is 47.8 Å². The number of carbonyl (C=O) groups is 1. The van der Waals surface area contributed by atoms with E-state index in [1.54, 1.807) is 12.0 Å². The third kappa shape index (κ3) is 6.19. The summed E-state index contributed by atoms with van der Waals surface area (Å²) in [4.78, 5) is 13.7. The summed E-state index contributed by atoms with van der Waals surface area (Å²) >= 11 is 0. The average molecular weight is 368 g/mol. The van der Waals surface area contributed by atoms with E-state index in [0.29, 0.717) is 18.7 Å². The standard InChI is InChI=1S/C23H30N2O2/c1-27-16-13-24-23(26)22-9-7-21(8-10-22)18-25-14-11-20(12-15-25)17-19-5-3-2-4-6-19/h2-10,20H,11-18H2,1H3,(H,24,26)/p+1. The van der Waals surface area contributed by atoms with Gasteiger partial charge in [0.05, 0.1) is 19.7 Å². The molecule has 3 rings (SSSR count). The highest BCUT2D eigenvalue weighted by atomic mass is 16.5. The van der Waals surface area contributed by atoms with Gasteiger partial charge < -0.3 is 15.0 Å². The third-order valence-electron chi connectivity index (χ3n) is 5.44. The van der Waals surface area contributed by atoms with E-state index in [9.17, 15) is 4.79 Å². The van der Waals surface area contributed by atoms with E-state index in [-0.39, 0.29) is 5.91 Å². The zero-order valence-electron chi connectivity index (χ0n) is 16.2. The molecule has 1 saturated heterocycles. The number of quaternary nitrogens is 1. The van der Waals surface area contributed by atoms with Gasteiger partial charge in [0.15, 0.2) is 0 Å². The van der Waals surface area contributed by atoms with Gasteiger partial charge in [0.2, 0.25) is 0 Å². The molecule has 27 heavy (non-hydrogen) atoms. The molecule has 2 aromatic carbocycles. The van der Waals surface area contributed by atoms with Gasteiger partial charge in [-0.2, -0.15) is 0 Å². The van der Waals surface area contributed by atoms with Crippen molar-refractivity contribution in [1.29, 1.82) is 0 Å². The smallest absolute Gasteiger partial charge is 0.251 e. The highest BCUT2D eigenvalue weighted by Gasteiger charge is 2.22. The lowest BCUT2D eigenvalue weighted by atomic mass is 9.90. The van der Waals surface area contributed by atoms with Crippen molar-refractivity contribution in [2.45, 2.75) is 25.8 Å². The molecule has 1 aliphatic heterocycles. The summed E-state index contributed by atoms with van der Waals surface area (Å²) in [5.74, 6) is 0.780. The van der Waals surface area contributed by atoms with Crippen molar-refractivity contribution in [1.82, 2.24) is 5.32 Å². The lowest BCUT2D eigenvalue weighted by Gasteiger charge is -2.29. The van der Waals surface area contributed by atoms with Crippen molar-refractivity contribution in [2.24, 2.45) is 5.92 Å². The molecular formula is C23H31N2O2+. The Hall–Kier alpha value is -2.17. The molecule has 0 spiro atoms. The van der Waals surface area contributed by atoms with Crippen LogP contribution in [0.5, 0.6) is 0 Å². The lowest BCUT2D eigenvalue weighted by Crippen LogP contribution is -3.11. The van der Waals surface area contributed by atoms with Crippen LogP contribution in [0.4, 0.5) is 0 Å². The number of likely N-dealkylation sites (tertiary alicyclic amines) is 1. The molecule has 4 heteroatoms. The quantitative estimate of drug-likeness (QED) is 0.702. The average Bonchev–Trinajstić information content (AvgIpc) is 2.71. The molecule has 0 radical (unpaired) electrons. The van der Waals surface area contributed by atoms with Crippen molar-refractivity contribution in [2.75, 3.05) is 33.4 Å². The number of benzene rings is 2. The molecule has 2 aromatic rings. The minimum absolute atomic E-state index is 0.0346. The van der Waals surface area contributed by atoms with Crippen molar-refractivity contribution >= 4 is 5.91 Å². The minimum atomic E-state index is -0.0346. The Kier molecular flexibility index (Phi) is 7.43. The van der Waals surface area contributed by atoms with E-state index in [1.807, 2.05) is 12.1 Å². The normalized spacial score (nSPS) is 19.6. The first-order valence-corrected chi connectivity index (χ1v) is 9.98. The summed E-state index contributed by atoms with van der Waals surface area (Å²) in [6.45, 7) is 4.59. The molecule has 1 fully saturated rings. The summed E-state index contributed by atoms with van der Waals surface area (Å²) in [5.41, 5.74) is 3.48. The molecule has 0 aromatic heterocycles. The first kappa shape index (κ1) is 19.6. The topological polar surface area (TPSA) is 42.8 Å². The highest BCUT2D eigenvalue weighted by Crippen LogP contribution is 2.16. The van der Waals surface area contributed by atoms with Crippen LogP contribution in [-0.2, 0) is 17.7 Å². The molecule has 0 bridgehead atoms. The predicted molar refractivity (Wildman–Crippen MR) is 108 cm³/mol. The Morgan fingerprint density at radius 2 is 1.74 bits per heavy atom. The Bertz CT molecular complexity index is 692. The number of nitrogens with one attached hydrogen (secondary N) is 2. The Balaban J connectivity index is 1.43. The van der Waals surface area contributed by atoms with Crippen LogP contribution in [0.1, 0.15) is 34.3 Å². The second kappa shape index (κ2) is 10.2. The van der Waals surface area contributed by atoms with Gasteiger partial charge >= 0.3 is 0 Å². The van der Waals surface area contributed by atoms with E-state index in [0.717, 1.165) is 12.5 Å². The number of amides is 1. The molecule has 0 aliphatic carbocycles. The van der Waals surface area contributed by atoms with Crippen LogP contribution in [0.2, 0.25) is 0 Å². The summed E-state index contributed by atoms with van der Waals surface area (Å²) < 4.78 is 4.95. The fraction of sp³-hybridized carbons (Fsp3) is 0.435. The van der Waals surface area contributed by atoms with E-state index < -0.39 is 0 Å². The maximum Gasteiger partial charge on any atom is 0.251 e. The molecule has 0 atom stereocenters. The summed E-state index contributed by atoms with van der Waals surface area (Å²) in [7, 11) is 1.63. The van der Waals surface area contributed by atoms with Gasteiger partial charge in [-0.1, -0.05) is 42.5 Å². The van der Waals surface area contributed by atoms with Gasteiger partial charge in [-0.15, -0.1) is 0 Å². The van der Waals surface area contributed by atoms with Gasteiger partial charge in [-0.05, 0) is 42.9 Å². The summed E-state index contributed by atoms with van der Waals surface area (Å²) in [6.07, 6.45) is 3.80. The fourth-order valence-corrected chi connectivity index (χ4v) is 3.85. The number of hydrogen-bond acceptors (Lipinski definition) is 2. The summed E-state index contributed by atoms with van der Waals surface area (Å²) in [5, 5.41) is 2.86. The van der Waals surface area contributed by atoms with Crippen LogP contribution < -0.4 is 10.2 Å². The maximum absolute atomic E-state index is 12.0. The van der Waals surface area contributed by atoms with Gasteiger partial charge in [0, 0.05) is 24.8 Å². The number of hydrogen-bond donors (Lipinski definition) is 2. The van der Waals surface area contributed by atoms with Gasteiger partial charge in [-0.3, -0.25) is 4.79 Å². The maximum atomic E-state index is 12.0. The SMILES string of the molecule is COCCNC(=O)c1ccc(C[NH+]2CCC(Cc3ccccc3)CC2)cc1. The third-order valence-corrected chi connectivity index (χ3v) is 5.44. The van der Waals surface area contributed by atoms with Crippen molar-refractivity contribution < 1.29 is 14.4 Å². The van der Waals surface area contributed by atoms with Crippen molar-refractivity contribution in [3.63, 3.8) is 0 Å². The van der Waals surface area contributed by atoms with E-state index in [4.69, 9.17) is 4.74 Å². The predicted octanol–water partition coefficient (Wildman–Crippen LogP) is 2.10. The Morgan fingerprint density at radius 3 is 2.41 bits per heavy atom. The highest BCUT2D eigenvalue weighted by molar-refractivity contribution is 5.94. The first-order chi connectivity index (χ1) is 13.2. The first-order valence-electron chi connectivity index (χ1n) is 9.98. The van der Waals surface area contributed by atoms with Crippen LogP contribution >= 0.6 is 0 Å². The van der Waals surface area contributed by atoms with E-state index >= 15 is 0 Å². The van der Waals surface area contributed by atoms with Crippen LogP contribution in [0.3, 0.4) is 0 Å². The number of ether oxygens (including phenoxy) is 1. The fourth-order valence-electron chi connectivity index (χ4n) is 3.85. The lowest BCUT2D eigenvalue weighted by molar-refractivity contribution is -0.919. The van der Waals surface area contributed by atoms with Gasteiger partial charge in [0.1, 0.15) is 6.54 Å². The molecule has 0 saturated carbocycles. The second-order valence-corrected chi connectivity index (χ2v) is 7.51. The molecule has 4 nitrogen and oxygen atoms in total. The van der Waals surface area contributed by atoms with Crippen LogP contribution in [0.25, 0.3) is 0 Å². The number of methoxy groups -OCH3 is 1. The Labute approximate surface area is 162 Å². The Morgan fingerprint density at radius 1 is 1.04 bits per heavy atom. The van der Waals surface area contributed by atoms with Gasteiger partial charge in [-0.25, -0.2) is 0 Å². The van der Waals surface area contributed by atoms with Crippen LogP contribution in [-0.4, -0.2) is 39.3 Å². The molecule has 0 unspecified atom stereocenters. The monoisotopic (exact) mass is 367 g/mol. The van der Waals surface area contributed by atoms with Gasteiger partial charge in [0.25, 0.3) is 5.91 Å². The number of piperidine rings is 1. The number of rotatable bonds is 8. The largest absolute Gasteiger partial charge is 0.383 e. The molecular weight excluding hydrogens is 336 g/mol. The minimum Gasteiger partial charge on any atom is -0.383 e. The molecule has 1 heterocycles. The van der Waals surface area contributed by atoms with E-state index in [1.165, 1.54) is 43.5 Å². The second-order valence-electron chi connectivity index (χ2n) is 7.51. The summed E-state index contributed by atoms with van der Waals surface area (Å²) in [6, 6.07) is 18.9. The zero-order chi connectivity index (χ0) is 18.9. The molecule has 144 valence electrons. The molecule has 2 N–H and O–H groups in total. The molecule has 1 aliphatic rings. The van der Waals surface area contributed by atoms with Crippen molar-refractivity contribution in [3.05, 3.63) is 71.3 Å². The van der Waals surface area contributed by atoms with Crippen LogP contribution in [0.15, 0.2) is 54.6 Å². The zero-order valence-corrected chi connectivity index (χ0v) is 16.2. The molecule has 1 amide bonds.